The van der Waals surface area contributed by atoms with Gasteiger partial charge in [0.2, 0.25) is 0 Å². The first-order valence-electron chi connectivity index (χ1n) is 28.4. The molecular formula is C60B36. The number of hydrogen-bond donors (Lipinski definition) is 0. The maximum absolute atomic E-state index is 7.66. The Morgan fingerprint density at radius 1 is 0.0625 bits per heavy atom. The van der Waals surface area contributed by atoms with Crippen molar-refractivity contribution in [1.29, 1.82) is 0 Å². The van der Waals surface area contributed by atoms with Crippen molar-refractivity contribution in [2.75, 3.05) is 0 Å². The van der Waals surface area contributed by atoms with Gasteiger partial charge in [-0.15, -0.1) is 32.8 Å². The highest BCUT2D eigenvalue weighted by atomic mass is 14.3. The second kappa shape index (κ2) is 23.0. The predicted molar refractivity (Wildman–Crippen MR) is 453 cm³/mol. The Balaban J connectivity index is 1.24. The van der Waals surface area contributed by atoms with Gasteiger partial charge in [0, 0.05) is 0 Å². The maximum atomic E-state index is 7.66. The predicted octanol–water partition coefficient (Wildman–Crippen LogP) is -26.5. The molecule has 348 valence electrons. The van der Waals surface area contributed by atoms with E-state index in [2.05, 4.69) is 0 Å². The van der Waals surface area contributed by atoms with Crippen LogP contribution in [0.5, 0.6) is 0 Å². The Labute approximate surface area is 605 Å². The normalized spacial score (nSPS) is 12.0. The third-order valence-corrected chi connectivity index (χ3v) is 19.4. The first-order chi connectivity index (χ1) is 44.8. The van der Waals surface area contributed by atoms with Crippen molar-refractivity contribution < 1.29 is 0 Å². The smallest absolute Gasteiger partial charge is 0.110 e. The Bertz CT molecular complexity index is 5600. The van der Waals surface area contributed by atoms with E-state index in [0.717, 1.165) is 0 Å². The van der Waals surface area contributed by atoms with E-state index < -0.39 is 16.4 Å². The van der Waals surface area contributed by atoms with E-state index in [1.165, 1.54) is 0 Å². The molecule has 0 aliphatic heterocycles. The molecule has 0 saturated heterocycles. The highest BCUT2D eigenvalue weighted by Crippen LogP contribution is 2.36. The Hall–Kier alpha value is -5.46. The molecule has 0 heterocycles. The van der Waals surface area contributed by atoms with E-state index in [-0.39, 0.29) is 311 Å². The minimum absolute atomic E-state index is 0.00608. The Morgan fingerprint density at radius 3 is 0.406 bits per heavy atom. The van der Waals surface area contributed by atoms with Crippen LogP contribution in [0.25, 0.3) is 131 Å². The summed E-state index contributed by atoms with van der Waals surface area (Å²) in [6.45, 7) is 0. The van der Waals surface area contributed by atoms with Crippen LogP contribution in [0.3, 0.4) is 0 Å². The molecule has 72 radical (unpaired) electrons. The molecule has 0 amide bonds. The van der Waals surface area contributed by atoms with E-state index >= 15 is 0 Å². The summed E-state index contributed by atoms with van der Waals surface area (Å²) in [7, 11) is 252. The van der Waals surface area contributed by atoms with E-state index in [0.29, 0.717) is 0 Å². The fourth-order valence-corrected chi connectivity index (χ4v) is 14.6. The highest BCUT2D eigenvalue weighted by Gasteiger charge is 2.33. The lowest BCUT2D eigenvalue weighted by molar-refractivity contribution is 1.76. The fraction of sp³-hybridized carbons (Fsp3) is 0. The third-order valence-electron chi connectivity index (χ3n) is 19.4. The summed E-state index contributed by atoms with van der Waals surface area (Å²) < 4.78 is 0. The molecule has 0 saturated carbocycles. The van der Waals surface area contributed by atoms with Crippen LogP contribution in [-0.4, -0.2) is 282 Å². The summed E-state index contributed by atoms with van der Waals surface area (Å²) >= 11 is 0. The second-order valence-corrected chi connectivity index (χ2v) is 23.9. The monoisotopic (exact) mass is 1120 g/mol. The van der Waals surface area contributed by atoms with Gasteiger partial charge in [-0.05, 0) is 131 Å². The molecule has 96 heavy (non-hydrogen) atoms. The van der Waals surface area contributed by atoms with Crippen molar-refractivity contribution in [2.45, 2.75) is 0 Å². The summed E-state index contributed by atoms with van der Waals surface area (Å²) in [5.41, 5.74) is -9.69. The van der Waals surface area contributed by atoms with Gasteiger partial charge in [-0.25, -0.2) is 0 Å². The largest absolute Gasteiger partial charge is 0.115 e. The molecule has 0 spiro atoms. The lowest BCUT2D eigenvalue weighted by Crippen LogP contribution is -2.53. The van der Waals surface area contributed by atoms with E-state index in [1.54, 1.807) is 0 Å². The molecule has 0 N–H and O–H groups in total. The van der Waals surface area contributed by atoms with Crippen molar-refractivity contribution in [3.63, 3.8) is 0 Å². The van der Waals surface area contributed by atoms with Gasteiger partial charge in [0.15, 0.2) is 0 Å². The molecule has 0 fully saturated rings. The molecular weight excluding hydrogens is 1110 g/mol. The molecule has 0 aromatic heterocycles. The molecule has 0 nitrogen and oxygen atoms in total. The van der Waals surface area contributed by atoms with Gasteiger partial charge in [0.1, 0.15) is 282 Å². The average molecular weight is 1110 g/mol. The first-order valence-corrected chi connectivity index (χ1v) is 28.4. The standard InChI is InChI=1S/C60B36/c61-25-15(7-5-1-3-11(37(73)31(5)67)45(81)55(91)47(83)13(3)41(77)39(75)9(1)35(71)33(7)69)49(85)57(93)51(87)21(25)18-27(63)17(20-30(66)23-24(44(80)43(20)79)54(90)60(96)59(95)53(23)89)28(64)19(29(18)65)22-26(62)16(50(86)58(94)52(22)88)8-6-2-4-12(38(74)32(6)68)46(82)56(92)48(84)14(4)42(78)40(76)10(2)36(72)34(8)70. The van der Waals surface area contributed by atoms with Crippen molar-refractivity contribution in [3.05, 3.63) is 0 Å². The molecule has 13 aromatic rings. The molecule has 13 aromatic carbocycles. The third kappa shape index (κ3) is 8.50. The van der Waals surface area contributed by atoms with Crippen LogP contribution >= 0.6 is 0 Å². The van der Waals surface area contributed by atoms with Gasteiger partial charge in [-0.2, -0.15) is 0 Å². The summed E-state index contributed by atoms with van der Waals surface area (Å²) in [6.07, 6.45) is 0. The fourth-order valence-electron chi connectivity index (χ4n) is 14.6. The topological polar surface area (TPSA) is 0 Å². The first kappa shape index (κ1) is 69.0. The molecule has 36 heteroatoms. The van der Waals surface area contributed by atoms with Crippen molar-refractivity contribution in [1.82, 2.24) is 0 Å². The molecule has 0 atom stereocenters. The van der Waals surface area contributed by atoms with Crippen molar-refractivity contribution >= 4 is 555 Å². The van der Waals surface area contributed by atoms with Gasteiger partial charge in [0.25, 0.3) is 0 Å². The SMILES string of the molecule is [B]c1c([B])c(-c2c([B])c(-c3c([B])c([B])c([B])c(-c4c([B])c([B])c5c([B])c([B])c6c([B])c([B])c([B])c7c([B])c([B])c4c5c67)c3[B])c([B])c(-c3c([B])c([B])c4c([B])c([B])c([B])c([B])c4c3[B])c2[B])c([B])c(-c2c([B])c([B])c3c([B])c([B])c4c([B])c([B])c([B])c5c([B])c([B])c2c3c45)c1[B]. The molecule has 0 unspecified atom stereocenters. The Kier molecular flexibility index (Phi) is 16.6. The lowest BCUT2D eigenvalue weighted by atomic mass is 9.53. The number of benzene rings is 13. The van der Waals surface area contributed by atoms with Crippen LogP contribution in [0.4, 0.5) is 0 Å². The highest BCUT2D eigenvalue weighted by molar-refractivity contribution is 6.81. The quantitative estimate of drug-likeness (QED) is 0.119. The second-order valence-electron chi connectivity index (χ2n) is 23.9. The summed E-state index contributed by atoms with van der Waals surface area (Å²) in [4.78, 5) is 0. The van der Waals surface area contributed by atoms with Crippen LogP contribution < -0.4 is 197 Å². The average Bonchev–Trinajstić information content (AvgIpc) is 0.694. The maximum Gasteiger partial charge on any atom is 0.115 e. The van der Waals surface area contributed by atoms with E-state index in [4.69, 9.17) is 282 Å². The summed E-state index contributed by atoms with van der Waals surface area (Å²) in [6, 6.07) is 0. The van der Waals surface area contributed by atoms with Crippen molar-refractivity contribution in [2.24, 2.45) is 0 Å². The zero-order valence-corrected chi connectivity index (χ0v) is 50.8. The number of rotatable bonds is 5. The molecule has 0 bridgehead atoms. The van der Waals surface area contributed by atoms with Gasteiger partial charge in [-0.1, -0.05) is 164 Å². The van der Waals surface area contributed by atoms with Crippen LogP contribution in [0, 0.1) is 0 Å². The van der Waals surface area contributed by atoms with Gasteiger partial charge < -0.3 is 0 Å². The molecule has 0 aliphatic rings. The minimum atomic E-state index is -0.431. The van der Waals surface area contributed by atoms with E-state index in [9.17, 15) is 0 Å². The van der Waals surface area contributed by atoms with Crippen LogP contribution in [0.15, 0.2) is 0 Å². The molecule has 13 rings (SSSR count). The van der Waals surface area contributed by atoms with Gasteiger partial charge >= 0.3 is 0 Å². The number of fused-ring (bicyclic) bond motifs is 1. The molecule has 0 aliphatic carbocycles. The van der Waals surface area contributed by atoms with Crippen molar-refractivity contribution in [3.8, 4) is 55.6 Å². The zero-order valence-electron chi connectivity index (χ0n) is 50.8. The summed E-state index contributed by atoms with van der Waals surface area (Å²) in [5, 5.41) is 1.72. The van der Waals surface area contributed by atoms with Gasteiger partial charge in [-0.3, -0.25) is 0 Å². The van der Waals surface area contributed by atoms with Crippen LogP contribution in [0.1, 0.15) is 0 Å². The summed E-state index contributed by atoms with van der Waals surface area (Å²) in [5.74, 6) is 0. The number of hydrogen-bond acceptors (Lipinski definition) is 0. The minimum Gasteiger partial charge on any atom is -0.110 e. The van der Waals surface area contributed by atoms with E-state index in [1.807, 2.05) is 0 Å². The Morgan fingerprint density at radius 2 is 0.167 bits per heavy atom. The van der Waals surface area contributed by atoms with Crippen LogP contribution in [-0.2, 0) is 0 Å². The van der Waals surface area contributed by atoms with Crippen LogP contribution in [0.2, 0.25) is 0 Å². The lowest BCUT2D eigenvalue weighted by Gasteiger charge is -2.35. The zero-order chi connectivity index (χ0) is 70.6. The van der Waals surface area contributed by atoms with Gasteiger partial charge in [0.05, 0.1) is 0 Å².